The van der Waals surface area contributed by atoms with Crippen molar-refractivity contribution in [2.45, 2.75) is 32.1 Å². The second kappa shape index (κ2) is 7.91. The average Bonchev–Trinajstić information content (AvgIpc) is 2.56. The average molecular weight is 343 g/mol. The summed E-state index contributed by atoms with van der Waals surface area (Å²) in [6, 6.07) is 8.09. The molecule has 1 aromatic carbocycles. The predicted molar refractivity (Wildman–Crippen MR) is 94.7 cm³/mol. The number of hydrogen-bond acceptors (Lipinski definition) is 6. The van der Waals surface area contributed by atoms with E-state index in [2.05, 4.69) is 40.8 Å². The van der Waals surface area contributed by atoms with E-state index >= 15 is 0 Å². The van der Waals surface area contributed by atoms with Gasteiger partial charge in [-0.15, -0.1) is 0 Å². The Bertz CT molecular complexity index is 661. The molecule has 6 heteroatoms. The van der Waals surface area contributed by atoms with Crippen LogP contribution in [0.1, 0.15) is 19.4 Å². The number of morpholine rings is 1. The Morgan fingerprint density at radius 1 is 1.24 bits per heavy atom. The summed E-state index contributed by atoms with van der Waals surface area (Å²) >= 11 is 0. The van der Waals surface area contributed by atoms with E-state index in [1.807, 2.05) is 12.1 Å². The quantitative estimate of drug-likeness (QED) is 0.804. The van der Waals surface area contributed by atoms with Gasteiger partial charge in [-0.1, -0.05) is 12.1 Å². The summed E-state index contributed by atoms with van der Waals surface area (Å²) in [6.45, 7) is 7.50. The molecule has 1 aliphatic heterocycles. The van der Waals surface area contributed by atoms with E-state index in [1.54, 1.807) is 25.7 Å². The lowest BCUT2D eigenvalue weighted by Crippen LogP contribution is -2.53. The zero-order valence-corrected chi connectivity index (χ0v) is 15.0. The van der Waals surface area contributed by atoms with Gasteiger partial charge in [0.15, 0.2) is 0 Å². The van der Waals surface area contributed by atoms with Crippen molar-refractivity contribution in [2.75, 3.05) is 26.8 Å². The maximum atomic E-state index is 6.07. The van der Waals surface area contributed by atoms with E-state index in [4.69, 9.17) is 14.2 Å². The summed E-state index contributed by atoms with van der Waals surface area (Å²) in [5.41, 5.74) is 1.07. The molecule has 25 heavy (non-hydrogen) atoms. The van der Waals surface area contributed by atoms with Crippen molar-refractivity contribution in [3.05, 3.63) is 48.4 Å². The van der Waals surface area contributed by atoms with E-state index in [9.17, 15) is 0 Å². The lowest BCUT2D eigenvalue weighted by molar-refractivity contribution is -0.154. The summed E-state index contributed by atoms with van der Waals surface area (Å²) in [5.74, 6) is 1.25. The van der Waals surface area contributed by atoms with Crippen LogP contribution in [0.3, 0.4) is 0 Å². The van der Waals surface area contributed by atoms with Crippen molar-refractivity contribution < 1.29 is 14.2 Å². The van der Waals surface area contributed by atoms with Crippen molar-refractivity contribution >= 4 is 0 Å². The Balaban J connectivity index is 1.60. The molecule has 0 saturated carbocycles. The minimum absolute atomic E-state index is 0.105. The van der Waals surface area contributed by atoms with Crippen LogP contribution in [-0.2, 0) is 16.0 Å². The topological polar surface area (TPSA) is 56.7 Å². The van der Waals surface area contributed by atoms with E-state index in [0.717, 1.165) is 25.4 Å². The van der Waals surface area contributed by atoms with Crippen LogP contribution in [-0.4, -0.2) is 53.4 Å². The number of benzene rings is 1. The molecule has 1 saturated heterocycles. The highest BCUT2D eigenvalue weighted by atomic mass is 16.5. The molecule has 0 N–H and O–H groups in total. The molecule has 6 nitrogen and oxygen atoms in total. The first-order valence-electron chi connectivity index (χ1n) is 8.46. The molecule has 134 valence electrons. The Morgan fingerprint density at radius 3 is 2.72 bits per heavy atom. The molecule has 0 amide bonds. The first-order chi connectivity index (χ1) is 12.0. The summed E-state index contributed by atoms with van der Waals surface area (Å²) in [4.78, 5) is 10.5. The molecule has 0 bridgehead atoms. The number of methoxy groups -OCH3 is 1. The maximum absolute atomic E-state index is 6.07. The van der Waals surface area contributed by atoms with Crippen molar-refractivity contribution in [3.63, 3.8) is 0 Å². The van der Waals surface area contributed by atoms with Crippen LogP contribution in [0.25, 0.3) is 0 Å². The molecule has 2 aromatic rings. The van der Waals surface area contributed by atoms with Crippen LogP contribution in [0.2, 0.25) is 0 Å². The van der Waals surface area contributed by atoms with Crippen molar-refractivity contribution in [3.8, 4) is 11.6 Å². The summed E-state index contributed by atoms with van der Waals surface area (Å²) in [7, 11) is 1.71. The van der Waals surface area contributed by atoms with Gasteiger partial charge in [-0.05, 0) is 31.5 Å². The standard InChI is InChI=1S/C19H25N3O3/c1-19(2)14-22(12-17(25-19)13-23-3)11-15-4-6-16(7-5-15)24-18-10-20-8-9-21-18/h4-10,17H,11-14H2,1-3H3/t17-/m0/s1. The molecule has 0 radical (unpaired) electrons. The van der Waals surface area contributed by atoms with Gasteiger partial charge >= 0.3 is 0 Å². The fourth-order valence-electron chi connectivity index (χ4n) is 3.19. The van der Waals surface area contributed by atoms with Gasteiger partial charge in [0.05, 0.1) is 24.5 Å². The third kappa shape index (κ3) is 5.22. The van der Waals surface area contributed by atoms with Gasteiger partial charge in [-0.3, -0.25) is 9.88 Å². The molecule has 2 heterocycles. The molecule has 1 atom stereocenters. The first kappa shape index (κ1) is 17.8. The molecule has 1 aliphatic rings. The second-order valence-electron chi connectivity index (χ2n) is 6.91. The number of ether oxygens (including phenoxy) is 3. The third-order valence-electron chi connectivity index (χ3n) is 4.00. The van der Waals surface area contributed by atoms with Crippen LogP contribution in [0.5, 0.6) is 11.6 Å². The van der Waals surface area contributed by atoms with Crippen LogP contribution < -0.4 is 4.74 Å². The number of aromatic nitrogens is 2. The molecule has 1 fully saturated rings. The molecule has 0 aliphatic carbocycles. The fourth-order valence-corrected chi connectivity index (χ4v) is 3.19. The monoisotopic (exact) mass is 343 g/mol. The molecular weight excluding hydrogens is 318 g/mol. The minimum atomic E-state index is -0.170. The lowest BCUT2D eigenvalue weighted by atomic mass is 10.0. The van der Waals surface area contributed by atoms with Gasteiger partial charge in [0.1, 0.15) is 5.75 Å². The summed E-state index contributed by atoms with van der Waals surface area (Å²) in [6.07, 6.45) is 4.93. The van der Waals surface area contributed by atoms with Gasteiger partial charge < -0.3 is 14.2 Å². The Morgan fingerprint density at radius 2 is 2.04 bits per heavy atom. The largest absolute Gasteiger partial charge is 0.438 e. The van der Waals surface area contributed by atoms with Gasteiger partial charge in [-0.2, -0.15) is 0 Å². The maximum Gasteiger partial charge on any atom is 0.237 e. The van der Waals surface area contributed by atoms with Crippen molar-refractivity contribution in [1.29, 1.82) is 0 Å². The van der Waals surface area contributed by atoms with E-state index in [-0.39, 0.29) is 11.7 Å². The van der Waals surface area contributed by atoms with E-state index < -0.39 is 0 Å². The number of rotatable bonds is 6. The number of hydrogen-bond donors (Lipinski definition) is 0. The van der Waals surface area contributed by atoms with Gasteiger partial charge in [0.2, 0.25) is 5.88 Å². The molecule has 3 rings (SSSR count). The molecule has 0 unspecified atom stereocenters. The zero-order chi connectivity index (χ0) is 17.7. The summed E-state index contributed by atoms with van der Waals surface area (Å²) < 4.78 is 17.0. The third-order valence-corrected chi connectivity index (χ3v) is 4.00. The highest BCUT2D eigenvalue weighted by Gasteiger charge is 2.33. The fraction of sp³-hybridized carbons (Fsp3) is 0.474. The van der Waals surface area contributed by atoms with Crippen molar-refractivity contribution in [1.82, 2.24) is 14.9 Å². The Kier molecular flexibility index (Phi) is 5.63. The van der Waals surface area contributed by atoms with Crippen LogP contribution in [0, 0.1) is 0 Å². The first-order valence-corrected chi connectivity index (χ1v) is 8.46. The van der Waals surface area contributed by atoms with Crippen LogP contribution in [0.15, 0.2) is 42.9 Å². The Hall–Kier alpha value is -2.02. The van der Waals surface area contributed by atoms with Gasteiger partial charge in [-0.25, -0.2) is 4.98 Å². The van der Waals surface area contributed by atoms with Gasteiger partial charge in [0.25, 0.3) is 0 Å². The second-order valence-corrected chi connectivity index (χ2v) is 6.91. The normalized spacial score (nSPS) is 20.4. The lowest BCUT2D eigenvalue weighted by Gasteiger charge is -2.42. The van der Waals surface area contributed by atoms with Crippen LogP contribution in [0.4, 0.5) is 0 Å². The van der Waals surface area contributed by atoms with Crippen LogP contribution >= 0.6 is 0 Å². The zero-order valence-electron chi connectivity index (χ0n) is 15.0. The molecular formula is C19H25N3O3. The highest BCUT2D eigenvalue weighted by Crippen LogP contribution is 2.24. The minimum Gasteiger partial charge on any atom is -0.438 e. The van der Waals surface area contributed by atoms with E-state index in [1.165, 1.54) is 5.56 Å². The molecule has 0 spiro atoms. The van der Waals surface area contributed by atoms with Crippen molar-refractivity contribution in [2.24, 2.45) is 0 Å². The highest BCUT2D eigenvalue weighted by molar-refractivity contribution is 5.29. The van der Waals surface area contributed by atoms with Gasteiger partial charge in [0, 0.05) is 39.1 Å². The molecule has 1 aromatic heterocycles. The van der Waals surface area contributed by atoms with E-state index in [0.29, 0.717) is 12.5 Å². The number of nitrogens with zero attached hydrogens (tertiary/aromatic N) is 3. The predicted octanol–water partition coefficient (Wildman–Crippen LogP) is 2.89. The summed E-state index contributed by atoms with van der Waals surface area (Å²) in [5, 5.41) is 0. The SMILES string of the molecule is COC[C@@H]1CN(Cc2ccc(Oc3cnccn3)cc2)CC(C)(C)O1. The smallest absolute Gasteiger partial charge is 0.237 e. The Labute approximate surface area is 148 Å².